The van der Waals surface area contributed by atoms with Gasteiger partial charge in [-0.1, -0.05) is 6.58 Å². The first-order valence-electron chi connectivity index (χ1n) is 5.06. The van der Waals surface area contributed by atoms with Crippen LogP contribution in [0.3, 0.4) is 0 Å². The Morgan fingerprint density at radius 2 is 2.47 bits per heavy atom. The van der Waals surface area contributed by atoms with Gasteiger partial charge in [-0.15, -0.1) is 0 Å². The fourth-order valence-corrected chi connectivity index (χ4v) is 1.71. The van der Waals surface area contributed by atoms with Crippen LogP contribution in [-0.4, -0.2) is 34.1 Å². The Kier molecular flexibility index (Phi) is 5.02. The number of carbonyl (C=O) groups is 1. The highest BCUT2D eigenvalue weighted by Crippen LogP contribution is 2.18. The molecule has 0 atom stereocenters. The summed E-state index contributed by atoms with van der Waals surface area (Å²) in [6.07, 6.45) is -1.05. The van der Waals surface area contributed by atoms with E-state index < -0.39 is 6.09 Å². The third kappa shape index (κ3) is 4.10. The van der Waals surface area contributed by atoms with Crippen LogP contribution < -0.4 is 5.32 Å². The minimum atomic E-state index is -1.05. The van der Waals surface area contributed by atoms with Gasteiger partial charge in [0.25, 0.3) is 0 Å². The fraction of sp³-hybridized carbons (Fsp3) is 0.400. The van der Waals surface area contributed by atoms with Crippen molar-refractivity contribution in [2.45, 2.75) is 13.5 Å². The molecular formula is C10H14BrN3O3. The summed E-state index contributed by atoms with van der Waals surface area (Å²) in [6.45, 7) is 6.87. The summed E-state index contributed by atoms with van der Waals surface area (Å²) < 4.78 is 7.59. The number of hydrogen-bond acceptors (Lipinski definition) is 3. The SMILES string of the molecule is C=C(OCC)c1cc(Br)nn1CCNC(=O)O. The van der Waals surface area contributed by atoms with Crippen LogP contribution in [0.25, 0.3) is 5.76 Å². The van der Waals surface area contributed by atoms with Gasteiger partial charge in [-0.2, -0.15) is 5.10 Å². The van der Waals surface area contributed by atoms with Crippen LogP contribution in [0.2, 0.25) is 0 Å². The maximum Gasteiger partial charge on any atom is 0.404 e. The lowest BCUT2D eigenvalue weighted by molar-refractivity contribution is 0.194. The predicted octanol–water partition coefficient (Wildman–Crippen LogP) is 1.92. The molecule has 1 heterocycles. The second kappa shape index (κ2) is 6.29. The van der Waals surface area contributed by atoms with Gasteiger partial charge in [0.15, 0.2) is 0 Å². The van der Waals surface area contributed by atoms with Gasteiger partial charge in [-0.25, -0.2) is 4.79 Å². The van der Waals surface area contributed by atoms with Crippen LogP contribution in [0.1, 0.15) is 12.6 Å². The molecule has 0 aliphatic heterocycles. The molecule has 94 valence electrons. The highest BCUT2D eigenvalue weighted by molar-refractivity contribution is 9.10. The van der Waals surface area contributed by atoms with Gasteiger partial charge < -0.3 is 15.2 Å². The Balaban J connectivity index is 2.70. The molecule has 0 aliphatic carbocycles. The second-order valence-corrected chi connectivity index (χ2v) is 3.98. The van der Waals surface area contributed by atoms with Crippen molar-refractivity contribution in [3.05, 3.63) is 22.9 Å². The number of nitrogens with zero attached hydrogens (tertiary/aromatic N) is 2. The molecule has 0 bridgehead atoms. The zero-order valence-electron chi connectivity index (χ0n) is 9.44. The van der Waals surface area contributed by atoms with E-state index in [4.69, 9.17) is 9.84 Å². The Morgan fingerprint density at radius 1 is 1.76 bits per heavy atom. The molecule has 0 radical (unpaired) electrons. The van der Waals surface area contributed by atoms with Crippen molar-refractivity contribution in [2.24, 2.45) is 0 Å². The monoisotopic (exact) mass is 303 g/mol. The molecule has 1 rings (SSSR count). The summed E-state index contributed by atoms with van der Waals surface area (Å²) in [4.78, 5) is 10.3. The molecule has 7 heteroatoms. The lowest BCUT2D eigenvalue weighted by Gasteiger charge is -2.09. The molecular weight excluding hydrogens is 290 g/mol. The van der Waals surface area contributed by atoms with Crippen LogP contribution in [0.4, 0.5) is 4.79 Å². The highest BCUT2D eigenvalue weighted by Gasteiger charge is 2.10. The van der Waals surface area contributed by atoms with Crippen molar-refractivity contribution in [1.29, 1.82) is 0 Å². The van der Waals surface area contributed by atoms with Crippen LogP contribution in [0.5, 0.6) is 0 Å². The average Bonchev–Trinajstić information content (AvgIpc) is 2.59. The molecule has 0 fully saturated rings. The van der Waals surface area contributed by atoms with Gasteiger partial charge in [0.1, 0.15) is 16.1 Å². The van der Waals surface area contributed by atoms with Crippen molar-refractivity contribution in [2.75, 3.05) is 13.2 Å². The van der Waals surface area contributed by atoms with Gasteiger partial charge in [-0.05, 0) is 22.9 Å². The Hall–Kier alpha value is -1.50. The zero-order valence-corrected chi connectivity index (χ0v) is 11.0. The minimum Gasteiger partial charge on any atom is -0.492 e. The van der Waals surface area contributed by atoms with Crippen molar-refractivity contribution in [3.63, 3.8) is 0 Å². The molecule has 0 aliphatic rings. The molecule has 0 saturated carbocycles. The Labute approximate surface area is 107 Å². The van der Waals surface area contributed by atoms with Gasteiger partial charge in [0.05, 0.1) is 13.2 Å². The van der Waals surface area contributed by atoms with Gasteiger partial charge in [0, 0.05) is 12.6 Å². The third-order valence-corrected chi connectivity index (χ3v) is 2.34. The van der Waals surface area contributed by atoms with Crippen LogP contribution >= 0.6 is 15.9 Å². The van der Waals surface area contributed by atoms with Crippen molar-refractivity contribution >= 4 is 27.8 Å². The summed E-state index contributed by atoms with van der Waals surface area (Å²) in [5.41, 5.74) is 0.728. The molecule has 1 aromatic heterocycles. The van der Waals surface area contributed by atoms with E-state index in [1.54, 1.807) is 10.7 Å². The molecule has 0 aromatic carbocycles. The molecule has 2 N–H and O–H groups in total. The Bertz CT molecular complexity index is 417. The lowest BCUT2D eigenvalue weighted by Crippen LogP contribution is -2.26. The second-order valence-electron chi connectivity index (χ2n) is 3.16. The average molecular weight is 304 g/mol. The first-order valence-corrected chi connectivity index (χ1v) is 5.86. The number of hydrogen-bond donors (Lipinski definition) is 2. The Morgan fingerprint density at radius 3 is 3.06 bits per heavy atom. The summed E-state index contributed by atoms with van der Waals surface area (Å²) in [7, 11) is 0. The number of ether oxygens (including phenoxy) is 1. The van der Waals surface area contributed by atoms with Gasteiger partial charge in [-0.3, -0.25) is 4.68 Å². The van der Waals surface area contributed by atoms with E-state index in [0.717, 1.165) is 5.69 Å². The number of rotatable bonds is 6. The molecule has 17 heavy (non-hydrogen) atoms. The lowest BCUT2D eigenvalue weighted by atomic mass is 10.4. The number of nitrogens with one attached hydrogen (secondary N) is 1. The van der Waals surface area contributed by atoms with E-state index in [-0.39, 0.29) is 6.54 Å². The number of halogens is 1. The number of amides is 1. The molecule has 1 aromatic rings. The maximum atomic E-state index is 10.3. The quantitative estimate of drug-likeness (QED) is 0.787. The van der Waals surface area contributed by atoms with E-state index in [9.17, 15) is 4.79 Å². The number of aromatic nitrogens is 2. The zero-order chi connectivity index (χ0) is 12.8. The van der Waals surface area contributed by atoms with Gasteiger partial charge >= 0.3 is 6.09 Å². The number of carboxylic acid groups (broad SMARTS) is 1. The molecule has 0 saturated heterocycles. The van der Waals surface area contributed by atoms with Gasteiger partial charge in [0.2, 0.25) is 0 Å². The van der Waals surface area contributed by atoms with Crippen LogP contribution in [0.15, 0.2) is 17.2 Å². The van der Waals surface area contributed by atoms with E-state index in [1.165, 1.54) is 0 Å². The minimum absolute atomic E-state index is 0.274. The topological polar surface area (TPSA) is 76.4 Å². The predicted molar refractivity (Wildman–Crippen MR) is 66.6 cm³/mol. The first-order chi connectivity index (χ1) is 8.04. The van der Waals surface area contributed by atoms with Crippen LogP contribution in [-0.2, 0) is 11.3 Å². The normalized spacial score (nSPS) is 10.0. The maximum absolute atomic E-state index is 10.3. The van der Waals surface area contributed by atoms with Crippen LogP contribution in [0, 0.1) is 0 Å². The third-order valence-electron chi connectivity index (χ3n) is 1.95. The molecule has 0 spiro atoms. The van der Waals surface area contributed by atoms with Crippen molar-refractivity contribution in [3.8, 4) is 0 Å². The highest BCUT2D eigenvalue weighted by atomic mass is 79.9. The fourth-order valence-electron chi connectivity index (χ4n) is 1.30. The summed E-state index contributed by atoms with van der Waals surface area (Å²) in [6, 6.07) is 1.78. The standard InChI is InChI=1S/C10H14BrN3O3/c1-3-17-7(2)8-6-9(11)13-14(8)5-4-12-10(15)16/h6,12H,2-5H2,1H3,(H,15,16). The summed E-state index contributed by atoms with van der Waals surface area (Å²) in [5, 5.41) is 14.9. The van der Waals surface area contributed by atoms with E-state index >= 15 is 0 Å². The molecule has 1 amide bonds. The van der Waals surface area contributed by atoms with E-state index in [1.807, 2.05) is 6.92 Å². The van der Waals surface area contributed by atoms with Crippen molar-refractivity contribution < 1.29 is 14.6 Å². The smallest absolute Gasteiger partial charge is 0.404 e. The molecule has 0 unspecified atom stereocenters. The van der Waals surface area contributed by atoms with E-state index in [0.29, 0.717) is 23.5 Å². The first kappa shape index (κ1) is 13.6. The van der Waals surface area contributed by atoms with E-state index in [2.05, 4.69) is 32.9 Å². The summed E-state index contributed by atoms with van der Waals surface area (Å²) in [5.74, 6) is 0.515. The van der Waals surface area contributed by atoms with Crippen molar-refractivity contribution in [1.82, 2.24) is 15.1 Å². The largest absolute Gasteiger partial charge is 0.492 e. The molecule has 6 nitrogen and oxygen atoms in total. The summed E-state index contributed by atoms with van der Waals surface area (Å²) >= 11 is 3.26.